The Balaban J connectivity index is 1.48. The smallest absolute Gasteiger partial charge is 0.357 e. The number of thiazole rings is 1. The van der Waals surface area contributed by atoms with Gasteiger partial charge in [0.2, 0.25) is 0 Å². The van der Waals surface area contributed by atoms with Gasteiger partial charge >= 0.3 is 5.97 Å². The molecule has 0 bridgehead atoms. The second-order valence-corrected chi connectivity index (χ2v) is 5.88. The maximum Gasteiger partial charge on any atom is 0.357 e. The van der Waals surface area contributed by atoms with E-state index < -0.39 is 5.97 Å². The van der Waals surface area contributed by atoms with Gasteiger partial charge < -0.3 is 9.15 Å². The molecule has 0 N–H and O–H groups in total. The second-order valence-electron chi connectivity index (χ2n) is 5.02. The van der Waals surface area contributed by atoms with Crippen molar-refractivity contribution in [3.8, 4) is 10.8 Å². The number of furan rings is 1. The SMILES string of the molecule is Cc1cccc(CCCOC(=O)c2csc(-c3ccco3)n2)n1. The minimum atomic E-state index is -0.406. The molecule has 0 atom stereocenters. The van der Waals surface area contributed by atoms with Crippen LogP contribution in [0.2, 0.25) is 0 Å². The molecule has 6 heteroatoms. The Morgan fingerprint density at radius 3 is 2.96 bits per heavy atom. The predicted octanol–water partition coefficient (Wildman–Crippen LogP) is 3.90. The molecule has 0 aromatic carbocycles. The summed E-state index contributed by atoms with van der Waals surface area (Å²) in [5.41, 5.74) is 2.32. The third-order valence-electron chi connectivity index (χ3n) is 3.20. The van der Waals surface area contributed by atoms with E-state index in [0.717, 1.165) is 24.2 Å². The van der Waals surface area contributed by atoms with Crippen molar-refractivity contribution in [2.75, 3.05) is 6.61 Å². The van der Waals surface area contributed by atoms with Crippen LogP contribution in [0.1, 0.15) is 28.3 Å². The summed E-state index contributed by atoms with van der Waals surface area (Å²) >= 11 is 1.36. The molecule has 0 unspecified atom stereocenters. The van der Waals surface area contributed by atoms with E-state index in [1.165, 1.54) is 11.3 Å². The molecule has 118 valence electrons. The van der Waals surface area contributed by atoms with Gasteiger partial charge in [0, 0.05) is 16.8 Å². The number of aromatic nitrogens is 2. The summed E-state index contributed by atoms with van der Waals surface area (Å²) in [6.07, 6.45) is 3.09. The van der Waals surface area contributed by atoms with Crippen LogP contribution in [0.5, 0.6) is 0 Å². The lowest BCUT2D eigenvalue weighted by molar-refractivity contribution is 0.0494. The van der Waals surface area contributed by atoms with Crippen LogP contribution in [0.15, 0.2) is 46.4 Å². The molecule has 0 aliphatic carbocycles. The zero-order chi connectivity index (χ0) is 16.1. The van der Waals surface area contributed by atoms with Gasteiger partial charge in [-0.25, -0.2) is 9.78 Å². The lowest BCUT2D eigenvalue weighted by Crippen LogP contribution is -2.08. The number of ether oxygens (including phenoxy) is 1. The fraction of sp³-hybridized carbons (Fsp3) is 0.235. The highest BCUT2D eigenvalue weighted by molar-refractivity contribution is 7.13. The largest absolute Gasteiger partial charge is 0.462 e. The molecule has 0 radical (unpaired) electrons. The van der Waals surface area contributed by atoms with E-state index in [-0.39, 0.29) is 0 Å². The van der Waals surface area contributed by atoms with Crippen molar-refractivity contribution in [2.45, 2.75) is 19.8 Å². The normalized spacial score (nSPS) is 10.7. The molecule has 3 aromatic heterocycles. The highest BCUT2D eigenvalue weighted by Crippen LogP contribution is 2.24. The van der Waals surface area contributed by atoms with Gasteiger partial charge in [0.1, 0.15) is 0 Å². The minimum absolute atomic E-state index is 0.315. The number of hydrogen-bond acceptors (Lipinski definition) is 6. The van der Waals surface area contributed by atoms with Crippen molar-refractivity contribution >= 4 is 17.3 Å². The summed E-state index contributed by atoms with van der Waals surface area (Å²) in [6.45, 7) is 2.31. The number of hydrogen-bond donors (Lipinski definition) is 0. The van der Waals surface area contributed by atoms with E-state index in [9.17, 15) is 4.79 Å². The molecule has 0 saturated heterocycles. The maximum absolute atomic E-state index is 12.0. The van der Waals surface area contributed by atoms with Crippen LogP contribution in [0.25, 0.3) is 10.8 Å². The predicted molar refractivity (Wildman–Crippen MR) is 87.4 cm³/mol. The molecular weight excluding hydrogens is 312 g/mol. The Bertz CT molecular complexity index is 781. The molecule has 5 nitrogen and oxygen atoms in total. The first kappa shape index (κ1) is 15.4. The van der Waals surface area contributed by atoms with E-state index in [0.29, 0.717) is 23.1 Å². The summed E-state index contributed by atoms with van der Waals surface area (Å²) in [4.78, 5) is 20.6. The Morgan fingerprint density at radius 2 is 2.17 bits per heavy atom. The molecule has 3 rings (SSSR count). The van der Waals surface area contributed by atoms with Gasteiger partial charge in [0.15, 0.2) is 16.5 Å². The van der Waals surface area contributed by atoms with Gasteiger partial charge in [-0.2, -0.15) is 0 Å². The number of pyridine rings is 1. The standard InChI is InChI=1S/C17H16N2O3S/c1-12-5-2-6-13(18-12)7-3-10-22-17(20)14-11-23-16(19-14)15-8-4-9-21-15/h2,4-6,8-9,11H,3,7,10H2,1H3. The average molecular weight is 328 g/mol. The molecular formula is C17H16N2O3S. The fourth-order valence-corrected chi connectivity index (χ4v) is 2.87. The number of nitrogens with zero attached hydrogens (tertiary/aromatic N) is 2. The quantitative estimate of drug-likeness (QED) is 0.507. The van der Waals surface area contributed by atoms with Gasteiger partial charge in [-0.3, -0.25) is 4.98 Å². The third kappa shape index (κ3) is 4.04. The van der Waals surface area contributed by atoms with Crippen molar-refractivity contribution in [3.63, 3.8) is 0 Å². The molecule has 0 saturated carbocycles. The van der Waals surface area contributed by atoms with Gasteiger partial charge in [0.05, 0.1) is 12.9 Å². The lowest BCUT2D eigenvalue weighted by Gasteiger charge is -2.03. The van der Waals surface area contributed by atoms with Crippen LogP contribution in [-0.2, 0) is 11.2 Å². The zero-order valence-electron chi connectivity index (χ0n) is 12.7. The van der Waals surface area contributed by atoms with Gasteiger partial charge in [-0.05, 0) is 44.0 Å². The van der Waals surface area contributed by atoms with E-state index in [1.807, 2.05) is 31.2 Å². The van der Waals surface area contributed by atoms with Crippen molar-refractivity contribution in [3.05, 3.63) is 59.1 Å². The van der Waals surface area contributed by atoms with Crippen molar-refractivity contribution in [1.29, 1.82) is 0 Å². The first-order valence-electron chi connectivity index (χ1n) is 7.31. The van der Waals surface area contributed by atoms with Gasteiger partial charge in [-0.1, -0.05) is 6.07 Å². The number of carbonyl (C=O) groups is 1. The van der Waals surface area contributed by atoms with Crippen LogP contribution < -0.4 is 0 Å². The molecule has 3 aromatic rings. The minimum Gasteiger partial charge on any atom is -0.462 e. The van der Waals surface area contributed by atoms with Crippen LogP contribution in [-0.4, -0.2) is 22.5 Å². The summed E-state index contributed by atoms with van der Waals surface area (Å²) in [5.74, 6) is 0.246. The first-order valence-corrected chi connectivity index (χ1v) is 8.19. The van der Waals surface area contributed by atoms with E-state index >= 15 is 0 Å². The van der Waals surface area contributed by atoms with E-state index in [4.69, 9.17) is 9.15 Å². The third-order valence-corrected chi connectivity index (χ3v) is 4.06. The lowest BCUT2D eigenvalue weighted by atomic mass is 10.2. The number of rotatable bonds is 6. The molecule has 0 fully saturated rings. The fourth-order valence-electron chi connectivity index (χ4n) is 2.11. The van der Waals surface area contributed by atoms with E-state index in [2.05, 4.69) is 9.97 Å². The van der Waals surface area contributed by atoms with Gasteiger partial charge in [-0.15, -0.1) is 11.3 Å². The second kappa shape index (κ2) is 7.19. The summed E-state index contributed by atoms with van der Waals surface area (Å²) < 4.78 is 10.5. The van der Waals surface area contributed by atoms with E-state index in [1.54, 1.807) is 17.7 Å². The number of esters is 1. The first-order chi connectivity index (χ1) is 11.2. The molecule has 23 heavy (non-hydrogen) atoms. The van der Waals surface area contributed by atoms with Crippen LogP contribution in [0, 0.1) is 6.92 Å². The zero-order valence-corrected chi connectivity index (χ0v) is 13.5. The monoisotopic (exact) mass is 328 g/mol. The Labute approximate surface area is 138 Å². The molecule has 0 aliphatic heterocycles. The molecule has 3 heterocycles. The Hall–Kier alpha value is -2.47. The number of aryl methyl sites for hydroxylation is 2. The summed E-state index contributed by atoms with van der Waals surface area (Å²) in [7, 11) is 0. The van der Waals surface area contributed by atoms with Crippen LogP contribution in [0.3, 0.4) is 0 Å². The van der Waals surface area contributed by atoms with Crippen LogP contribution >= 0.6 is 11.3 Å². The van der Waals surface area contributed by atoms with Crippen molar-refractivity contribution in [1.82, 2.24) is 9.97 Å². The van der Waals surface area contributed by atoms with Gasteiger partial charge in [0.25, 0.3) is 0 Å². The van der Waals surface area contributed by atoms with Crippen LogP contribution in [0.4, 0.5) is 0 Å². The highest BCUT2D eigenvalue weighted by Gasteiger charge is 2.14. The maximum atomic E-state index is 12.0. The number of carbonyl (C=O) groups excluding carboxylic acids is 1. The summed E-state index contributed by atoms with van der Waals surface area (Å²) in [6, 6.07) is 9.51. The summed E-state index contributed by atoms with van der Waals surface area (Å²) in [5, 5.41) is 2.35. The topological polar surface area (TPSA) is 65.2 Å². The Morgan fingerprint density at radius 1 is 1.26 bits per heavy atom. The van der Waals surface area contributed by atoms with Crippen molar-refractivity contribution in [2.24, 2.45) is 0 Å². The average Bonchev–Trinajstić information content (AvgIpc) is 3.21. The molecule has 0 spiro atoms. The van der Waals surface area contributed by atoms with Crippen molar-refractivity contribution < 1.29 is 13.9 Å². The molecule has 0 aliphatic rings. The Kier molecular flexibility index (Phi) is 4.83. The molecule has 0 amide bonds. The highest BCUT2D eigenvalue weighted by atomic mass is 32.1.